The molecule has 0 aliphatic carbocycles. The van der Waals surface area contributed by atoms with Crippen LogP contribution in [0.3, 0.4) is 0 Å². The van der Waals surface area contributed by atoms with Crippen molar-refractivity contribution in [3.8, 4) is 0 Å². The maximum Gasteiger partial charge on any atom is 0.408 e. The zero-order valence-corrected chi connectivity index (χ0v) is 14.9. The third-order valence-corrected chi connectivity index (χ3v) is 3.76. The molecule has 1 N–H and O–H groups in total. The minimum atomic E-state index is -0.724. The first kappa shape index (κ1) is 19.4. The molecule has 0 fully saturated rings. The minimum Gasteiger partial charge on any atom is -0.464 e. The third-order valence-electron chi connectivity index (χ3n) is 2.66. The van der Waals surface area contributed by atoms with Gasteiger partial charge in [-0.25, -0.2) is 9.59 Å². The lowest BCUT2D eigenvalue weighted by Gasteiger charge is -2.22. The highest BCUT2D eigenvalue weighted by Gasteiger charge is 2.25. The van der Waals surface area contributed by atoms with Crippen LogP contribution in [-0.2, 0) is 20.0 Å². The predicted octanol–water partition coefficient (Wildman–Crippen LogP) is 3.38. The maximum absolute atomic E-state index is 12.0. The van der Waals surface area contributed by atoms with E-state index < -0.39 is 23.7 Å². The summed E-state index contributed by atoms with van der Waals surface area (Å²) < 4.78 is 10.2. The first-order chi connectivity index (χ1) is 10.8. The zero-order chi connectivity index (χ0) is 17.3. The number of hydrogen-bond acceptors (Lipinski definition) is 5. The molecule has 0 aromatic heterocycles. The van der Waals surface area contributed by atoms with Crippen LogP contribution in [0, 0.1) is 0 Å². The molecule has 23 heavy (non-hydrogen) atoms. The van der Waals surface area contributed by atoms with Gasteiger partial charge in [-0.05, 0) is 33.3 Å². The fourth-order valence-electron chi connectivity index (χ4n) is 1.73. The molecular weight excluding hydrogens is 314 g/mol. The van der Waals surface area contributed by atoms with E-state index in [-0.39, 0.29) is 6.61 Å². The monoisotopic (exact) mass is 339 g/mol. The van der Waals surface area contributed by atoms with Gasteiger partial charge in [-0.15, -0.1) is 0 Å². The van der Waals surface area contributed by atoms with Crippen LogP contribution < -0.4 is 5.32 Å². The summed E-state index contributed by atoms with van der Waals surface area (Å²) in [6, 6.07) is 9.22. The summed E-state index contributed by atoms with van der Waals surface area (Å²) >= 11 is 1.56. The number of carbonyl (C=O) groups is 2. The maximum atomic E-state index is 12.0. The van der Waals surface area contributed by atoms with Gasteiger partial charge in [0.2, 0.25) is 0 Å². The first-order valence-electron chi connectivity index (χ1n) is 7.59. The Morgan fingerprint density at radius 3 is 2.43 bits per heavy atom. The Balaban J connectivity index is 2.55. The predicted molar refractivity (Wildman–Crippen MR) is 92.4 cm³/mol. The van der Waals surface area contributed by atoms with Gasteiger partial charge in [0.25, 0.3) is 0 Å². The van der Waals surface area contributed by atoms with Crippen LogP contribution in [0.25, 0.3) is 0 Å². The van der Waals surface area contributed by atoms with Gasteiger partial charge >= 0.3 is 12.1 Å². The Labute approximate surface area is 142 Å². The Hall–Kier alpha value is -1.69. The summed E-state index contributed by atoms with van der Waals surface area (Å²) in [5.41, 5.74) is 0.554. The number of benzene rings is 1. The van der Waals surface area contributed by atoms with Crippen molar-refractivity contribution < 1.29 is 19.1 Å². The van der Waals surface area contributed by atoms with E-state index in [2.05, 4.69) is 5.32 Å². The molecule has 1 rings (SSSR count). The second-order valence-electron chi connectivity index (χ2n) is 5.95. The normalized spacial score (nSPS) is 12.3. The van der Waals surface area contributed by atoms with E-state index in [4.69, 9.17) is 9.47 Å². The summed E-state index contributed by atoms with van der Waals surface area (Å²) in [5, 5.41) is 2.59. The topological polar surface area (TPSA) is 64.6 Å². The van der Waals surface area contributed by atoms with E-state index in [1.165, 1.54) is 0 Å². The highest BCUT2D eigenvalue weighted by atomic mass is 32.2. The number of ether oxygens (including phenoxy) is 2. The van der Waals surface area contributed by atoms with Gasteiger partial charge in [0.15, 0.2) is 0 Å². The summed E-state index contributed by atoms with van der Waals surface area (Å²) in [7, 11) is 0. The summed E-state index contributed by atoms with van der Waals surface area (Å²) in [4.78, 5) is 23.8. The SMILES string of the molecule is CCOC(=O)[C@H](CSCc1ccccc1)NC(=O)OC(C)(C)C. The molecule has 6 heteroatoms. The van der Waals surface area contributed by atoms with E-state index >= 15 is 0 Å². The molecule has 1 atom stereocenters. The summed E-state index contributed by atoms with van der Waals surface area (Å²) in [6.07, 6.45) is -0.615. The number of alkyl carbamates (subject to hydrolysis) is 1. The second kappa shape index (κ2) is 9.45. The fourth-order valence-corrected chi connectivity index (χ4v) is 2.73. The Kier molecular flexibility index (Phi) is 7.95. The molecule has 0 radical (unpaired) electrons. The quantitative estimate of drug-likeness (QED) is 0.772. The Morgan fingerprint density at radius 2 is 1.87 bits per heavy atom. The molecule has 1 aromatic rings. The lowest BCUT2D eigenvalue weighted by Crippen LogP contribution is -2.45. The Bertz CT molecular complexity index is 499. The van der Waals surface area contributed by atoms with Crippen LogP contribution in [0.15, 0.2) is 30.3 Å². The average molecular weight is 339 g/mol. The highest BCUT2D eigenvalue weighted by molar-refractivity contribution is 7.98. The molecule has 1 aromatic carbocycles. The zero-order valence-electron chi connectivity index (χ0n) is 14.1. The molecule has 0 saturated heterocycles. The fraction of sp³-hybridized carbons (Fsp3) is 0.529. The lowest BCUT2D eigenvalue weighted by molar-refractivity contribution is -0.145. The van der Waals surface area contributed by atoms with Crippen molar-refractivity contribution in [2.45, 2.75) is 45.1 Å². The molecule has 0 unspecified atom stereocenters. The van der Waals surface area contributed by atoms with Gasteiger partial charge in [-0.1, -0.05) is 30.3 Å². The molecular formula is C17H25NO4S. The van der Waals surface area contributed by atoms with Gasteiger partial charge in [-0.2, -0.15) is 11.8 Å². The van der Waals surface area contributed by atoms with Crippen molar-refractivity contribution >= 4 is 23.8 Å². The summed E-state index contributed by atoms with van der Waals surface area (Å²) in [6.45, 7) is 7.33. The molecule has 0 aliphatic rings. The lowest BCUT2D eigenvalue weighted by atomic mass is 10.2. The highest BCUT2D eigenvalue weighted by Crippen LogP contribution is 2.14. The molecule has 0 aliphatic heterocycles. The number of carbonyl (C=O) groups excluding carboxylic acids is 2. The van der Waals surface area contributed by atoms with E-state index in [1.807, 2.05) is 30.3 Å². The average Bonchev–Trinajstić information content (AvgIpc) is 2.45. The molecule has 0 saturated carbocycles. The van der Waals surface area contributed by atoms with Gasteiger partial charge in [0.1, 0.15) is 11.6 Å². The molecule has 0 heterocycles. The van der Waals surface area contributed by atoms with Crippen molar-refractivity contribution in [1.29, 1.82) is 0 Å². The van der Waals surface area contributed by atoms with Gasteiger partial charge < -0.3 is 14.8 Å². The molecule has 1 amide bonds. The van der Waals surface area contributed by atoms with Gasteiger partial charge in [0, 0.05) is 11.5 Å². The molecule has 0 bridgehead atoms. The minimum absolute atomic E-state index is 0.273. The largest absolute Gasteiger partial charge is 0.464 e. The van der Waals surface area contributed by atoms with E-state index in [1.54, 1.807) is 39.5 Å². The number of esters is 1. The van der Waals surface area contributed by atoms with Crippen molar-refractivity contribution in [2.24, 2.45) is 0 Å². The van der Waals surface area contributed by atoms with Crippen molar-refractivity contribution in [1.82, 2.24) is 5.32 Å². The van der Waals surface area contributed by atoms with Crippen LogP contribution in [0.1, 0.15) is 33.3 Å². The molecule has 0 spiro atoms. The van der Waals surface area contributed by atoms with Gasteiger partial charge in [-0.3, -0.25) is 0 Å². The van der Waals surface area contributed by atoms with Gasteiger partial charge in [0.05, 0.1) is 6.61 Å². The third kappa shape index (κ3) is 8.50. The number of hydrogen-bond donors (Lipinski definition) is 1. The van der Waals surface area contributed by atoms with E-state index in [9.17, 15) is 9.59 Å². The standard InChI is InChI=1S/C17H25NO4S/c1-5-21-15(19)14(18-16(20)22-17(2,3)4)12-23-11-13-9-7-6-8-10-13/h6-10,14H,5,11-12H2,1-4H3,(H,18,20)/t14-/m0/s1. The second-order valence-corrected chi connectivity index (χ2v) is 6.98. The summed E-state index contributed by atoms with van der Waals surface area (Å²) in [5.74, 6) is 0.735. The Morgan fingerprint density at radius 1 is 1.22 bits per heavy atom. The van der Waals surface area contributed by atoms with Crippen LogP contribution >= 0.6 is 11.8 Å². The molecule has 5 nitrogen and oxygen atoms in total. The van der Waals surface area contributed by atoms with Crippen molar-refractivity contribution in [2.75, 3.05) is 12.4 Å². The van der Waals surface area contributed by atoms with Crippen LogP contribution in [0.4, 0.5) is 4.79 Å². The first-order valence-corrected chi connectivity index (χ1v) is 8.75. The van der Waals surface area contributed by atoms with Crippen LogP contribution in [0.5, 0.6) is 0 Å². The smallest absolute Gasteiger partial charge is 0.408 e. The number of rotatable bonds is 7. The van der Waals surface area contributed by atoms with Crippen LogP contribution in [0.2, 0.25) is 0 Å². The van der Waals surface area contributed by atoms with E-state index in [0.717, 1.165) is 11.3 Å². The van der Waals surface area contributed by atoms with E-state index in [0.29, 0.717) is 5.75 Å². The number of amides is 1. The van der Waals surface area contributed by atoms with Crippen molar-refractivity contribution in [3.05, 3.63) is 35.9 Å². The van der Waals surface area contributed by atoms with Crippen LogP contribution in [-0.4, -0.2) is 36.1 Å². The molecule has 128 valence electrons. The number of thioether (sulfide) groups is 1. The number of nitrogens with one attached hydrogen (secondary N) is 1. The van der Waals surface area contributed by atoms with Crippen molar-refractivity contribution in [3.63, 3.8) is 0 Å².